The minimum atomic E-state index is -0.210. The zero-order valence-corrected chi connectivity index (χ0v) is 19.0. The van der Waals surface area contributed by atoms with E-state index in [2.05, 4.69) is 33.0 Å². The fourth-order valence-corrected chi connectivity index (χ4v) is 3.41. The molecule has 0 bridgehead atoms. The molecule has 136 valence electrons. The van der Waals surface area contributed by atoms with Gasteiger partial charge < -0.3 is 23.3 Å². The summed E-state index contributed by atoms with van der Waals surface area (Å²) in [5.41, 5.74) is 1.92. The van der Waals surface area contributed by atoms with Crippen LogP contribution in [0.25, 0.3) is 10.6 Å². The van der Waals surface area contributed by atoms with Crippen molar-refractivity contribution in [3.8, 4) is 0 Å². The first-order chi connectivity index (χ1) is 11.1. The third-order valence-corrected chi connectivity index (χ3v) is 4.87. The Morgan fingerprint density at radius 2 is 1.54 bits per heavy atom. The van der Waals surface area contributed by atoms with Gasteiger partial charge in [0.25, 0.3) is 0 Å². The Labute approximate surface area is 168 Å². The first-order valence-electron chi connectivity index (χ1n) is 8.11. The van der Waals surface area contributed by atoms with Crippen LogP contribution < -0.4 is 0 Å². The van der Waals surface area contributed by atoms with Gasteiger partial charge in [-0.3, -0.25) is 0 Å². The molecular weight excluding hydrogens is 422 g/mol. The summed E-state index contributed by atoms with van der Waals surface area (Å²) in [6.07, 6.45) is 1.19. The van der Waals surface area contributed by atoms with Crippen molar-refractivity contribution in [2.24, 2.45) is 0 Å². The van der Waals surface area contributed by atoms with E-state index in [0.717, 1.165) is 36.8 Å². The van der Waals surface area contributed by atoms with Crippen LogP contribution >= 0.6 is 11.8 Å². The molecule has 1 atom stereocenters. The number of rotatable bonds is 9. The molecule has 24 heavy (non-hydrogen) atoms. The van der Waals surface area contributed by atoms with Crippen LogP contribution in [0.5, 0.6) is 0 Å². The van der Waals surface area contributed by atoms with Gasteiger partial charge in [-0.2, -0.15) is 27.9 Å². The maximum atomic E-state index is 8.22. The van der Waals surface area contributed by atoms with Crippen molar-refractivity contribution in [3.05, 3.63) is 34.9 Å². The van der Waals surface area contributed by atoms with Crippen molar-refractivity contribution in [1.82, 2.24) is 0 Å². The molecule has 0 aliphatic rings. The van der Waals surface area contributed by atoms with Crippen LogP contribution in [0.2, 0.25) is 0 Å². The molecular formula is C18H29N2OS2Tc. The Hall–Kier alpha value is -0.0306. The number of para-hydroxylation sites is 2. The van der Waals surface area contributed by atoms with E-state index in [9.17, 15) is 0 Å². The van der Waals surface area contributed by atoms with Crippen LogP contribution in [0.4, 0.5) is 11.4 Å². The third-order valence-electron chi connectivity index (χ3n) is 3.24. The molecule has 0 saturated carbocycles. The van der Waals surface area contributed by atoms with Gasteiger partial charge >= 0.3 is 22.4 Å². The standard InChI is InChI=1S/C18H30N2S2.O.Tc/c1-7-14(2)22-18(5,6)13-20-16-11-9-8-10-15(16)19-12-17(3,4)21;;/h8-11,14,21H,7,12-13H2,1-6H3;;/q-2;;+3/p-1. The van der Waals surface area contributed by atoms with Crippen molar-refractivity contribution in [1.29, 1.82) is 0 Å². The number of thioether (sulfide) groups is 1. The monoisotopic (exact) mass is 450 g/mol. The average molecular weight is 452 g/mol. The quantitative estimate of drug-likeness (QED) is 0.419. The zero-order chi connectivity index (χ0) is 18.8. The number of nitrogens with zero attached hydrogens (tertiary/aromatic N) is 2. The van der Waals surface area contributed by atoms with Gasteiger partial charge in [-0.05, 0) is 11.2 Å². The Morgan fingerprint density at radius 3 is 1.96 bits per heavy atom. The molecule has 0 fully saturated rings. The van der Waals surface area contributed by atoms with Crippen molar-refractivity contribution < 1.29 is 22.4 Å². The van der Waals surface area contributed by atoms with Gasteiger partial charge in [0.1, 0.15) is 0 Å². The van der Waals surface area contributed by atoms with E-state index in [1.807, 2.05) is 49.9 Å². The molecule has 0 aromatic heterocycles. The van der Waals surface area contributed by atoms with E-state index in [4.69, 9.17) is 21.4 Å². The summed E-state index contributed by atoms with van der Waals surface area (Å²) in [5, 5.41) is 10.1. The van der Waals surface area contributed by atoms with Crippen LogP contribution in [0.1, 0.15) is 48.0 Å². The number of hydrogen-bond acceptors (Lipinski definition) is 3. The maximum absolute atomic E-state index is 8.22. The summed E-state index contributed by atoms with van der Waals surface area (Å²) in [6, 6.07) is 8.09. The van der Waals surface area contributed by atoms with Gasteiger partial charge in [0.15, 0.2) is 0 Å². The van der Waals surface area contributed by atoms with Gasteiger partial charge in [0, 0.05) is 5.25 Å². The summed E-state index contributed by atoms with van der Waals surface area (Å²) < 4.78 is 8.15. The molecule has 0 spiro atoms. The van der Waals surface area contributed by atoms with E-state index >= 15 is 0 Å². The van der Waals surface area contributed by atoms with Crippen molar-refractivity contribution >= 4 is 35.8 Å². The third kappa shape index (κ3) is 10.8. The zero-order valence-electron chi connectivity index (χ0n) is 15.5. The van der Waals surface area contributed by atoms with Crippen LogP contribution in [-0.2, 0) is 35.0 Å². The van der Waals surface area contributed by atoms with Gasteiger partial charge in [0.05, 0.1) is 0 Å². The molecule has 1 rings (SSSR count). The molecule has 0 aliphatic heterocycles. The summed E-state index contributed by atoms with van der Waals surface area (Å²) in [7, 11) is 0. The predicted molar refractivity (Wildman–Crippen MR) is 106 cm³/mol. The first-order valence-corrected chi connectivity index (χ1v) is 10.2. The number of benzene rings is 1. The summed E-state index contributed by atoms with van der Waals surface area (Å²) in [4.78, 5) is 0. The molecule has 1 unspecified atom stereocenters. The number of hydrogen-bond donors (Lipinski definition) is 0. The Morgan fingerprint density at radius 1 is 1.08 bits per heavy atom. The molecule has 0 aliphatic carbocycles. The van der Waals surface area contributed by atoms with E-state index in [1.54, 1.807) is 0 Å². The summed E-state index contributed by atoms with van der Waals surface area (Å²) in [5.74, 6) is 0. The van der Waals surface area contributed by atoms with Crippen LogP contribution in [-0.4, -0.2) is 27.8 Å². The molecule has 0 amide bonds. The SMILES string of the molecule is CCC(C)SC(C)(C)C[N-]c1ccccc1[N-]CC(C)(C)[S-].[O]=[Tc+3]. The van der Waals surface area contributed by atoms with Gasteiger partial charge in [-0.15, -0.1) is 13.1 Å². The molecule has 1 aromatic rings. The fraction of sp³-hybridized carbons (Fsp3) is 0.667. The topological polar surface area (TPSA) is 45.3 Å². The fourth-order valence-electron chi connectivity index (χ4n) is 1.95. The molecule has 0 saturated heterocycles. The first kappa shape index (κ1) is 24.0. The summed E-state index contributed by atoms with van der Waals surface area (Å²) >= 11 is 8.29. The normalized spacial score (nSPS) is 12.8. The molecule has 0 N–H and O–H groups in total. The second-order valence-electron chi connectivity index (χ2n) is 6.98. The van der Waals surface area contributed by atoms with Crippen LogP contribution in [0.3, 0.4) is 0 Å². The Bertz CT molecular complexity index is 478. The van der Waals surface area contributed by atoms with E-state index < -0.39 is 0 Å². The minimum absolute atomic E-state index is 0.139. The predicted octanol–water partition coefficient (Wildman–Crippen LogP) is 6.21. The second kappa shape index (κ2) is 11.6. The van der Waals surface area contributed by atoms with Crippen molar-refractivity contribution in [2.45, 2.75) is 62.7 Å². The molecule has 0 heterocycles. The average Bonchev–Trinajstić information content (AvgIpc) is 2.52. The second-order valence-corrected chi connectivity index (χ2v) is 10.2. The molecule has 3 nitrogen and oxygen atoms in total. The van der Waals surface area contributed by atoms with E-state index in [1.165, 1.54) is 6.42 Å². The Balaban J connectivity index is 0.00000254. The van der Waals surface area contributed by atoms with Gasteiger partial charge in [-0.1, -0.05) is 65.8 Å². The molecule has 1 aromatic carbocycles. The van der Waals surface area contributed by atoms with Crippen LogP contribution in [0, 0.1) is 0 Å². The van der Waals surface area contributed by atoms with Gasteiger partial charge in [0.2, 0.25) is 0 Å². The van der Waals surface area contributed by atoms with Crippen molar-refractivity contribution in [2.75, 3.05) is 13.1 Å². The molecule has 6 heteroatoms. The Kier molecular flexibility index (Phi) is 11.5. The van der Waals surface area contributed by atoms with Crippen molar-refractivity contribution in [3.63, 3.8) is 0 Å². The summed E-state index contributed by atoms with van der Waals surface area (Å²) in [6.45, 7) is 14.5. The van der Waals surface area contributed by atoms with E-state index in [0.29, 0.717) is 11.8 Å². The van der Waals surface area contributed by atoms with E-state index in [-0.39, 0.29) is 9.49 Å². The van der Waals surface area contributed by atoms with Crippen LogP contribution in [0.15, 0.2) is 24.3 Å². The van der Waals surface area contributed by atoms with Gasteiger partial charge in [-0.25, -0.2) is 0 Å². The molecule has 0 radical (unpaired) electrons.